The average Bonchev–Trinajstić information content (AvgIpc) is 2.86. The summed E-state index contributed by atoms with van der Waals surface area (Å²) in [5.41, 5.74) is -0.737. The van der Waals surface area contributed by atoms with Crippen molar-refractivity contribution < 1.29 is 24.4 Å². The number of ether oxygens (including phenoxy) is 1. The molecule has 1 aliphatic rings. The Balaban J connectivity index is 1.69. The van der Waals surface area contributed by atoms with Crippen molar-refractivity contribution in [2.24, 2.45) is 0 Å². The highest BCUT2D eigenvalue weighted by atomic mass is 35.5. The maximum absolute atomic E-state index is 12.4. The number of benzene rings is 2. The minimum absolute atomic E-state index is 0.0463. The van der Waals surface area contributed by atoms with Crippen molar-refractivity contribution in [1.82, 2.24) is 4.90 Å². The van der Waals surface area contributed by atoms with Crippen LogP contribution in [0.5, 0.6) is 5.75 Å². The number of β-amino-alcohol motifs (C(OH)–C–C–N with tert-alkyl or cyclic N) is 1. The summed E-state index contributed by atoms with van der Waals surface area (Å²) in [6.45, 7) is -0.506. The van der Waals surface area contributed by atoms with Gasteiger partial charge in [-0.1, -0.05) is 17.7 Å². The number of halogens is 1. The number of imide groups is 1. The molecule has 2 aromatic carbocycles. The fraction of sp³-hybridized carbons (Fsp3) is 0.176. The normalized spacial score (nSPS) is 14.3. The van der Waals surface area contributed by atoms with E-state index in [2.05, 4.69) is 0 Å². The molecule has 26 heavy (non-hydrogen) atoms. The van der Waals surface area contributed by atoms with Gasteiger partial charge >= 0.3 is 0 Å². The van der Waals surface area contributed by atoms with E-state index in [-0.39, 0.29) is 24.3 Å². The third-order valence-electron chi connectivity index (χ3n) is 3.82. The Hall–Kier alpha value is -2.97. The number of amides is 2. The smallest absolute Gasteiger partial charge is 0.282 e. The van der Waals surface area contributed by atoms with Gasteiger partial charge < -0.3 is 9.84 Å². The third-order valence-corrected chi connectivity index (χ3v) is 4.08. The number of rotatable bonds is 6. The molecule has 134 valence electrons. The maximum Gasteiger partial charge on any atom is 0.282 e. The molecule has 1 aliphatic heterocycles. The highest BCUT2D eigenvalue weighted by Gasteiger charge is 2.41. The minimum atomic E-state index is -1.16. The molecule has 0 aromatic heterocycles. The lowest BCUT2D eigenvalue weighted by molar-refractivity contribution is -0.385. The lowest BCUT2D eigenvalue weighted by atomic mass is 10.1. The molecule has 0 unspecified atom stereocenters. The van der Waals surface area contributed by atoms with E-state index < -0.39 is 28.5 Å². The molecular formula is C17H13ClN2O6. The van der Waals surface area contributed by atoms with Crippen LogP contribution in [0, 0.1) is 10.1 Å². The van der Waals surface area contributed by atoms with Crippen LogP contribution in [-0.2, 0) is 0 Å². The summed E-state index contributed by atoms with van der Waals surface area (Å²) in [5, 5.41) is 21.7. The van der Waals surface area contributed by atoms with Gasteiger partial charge in [-0.25, -0.2) is 0 Å². The van der Waals surface area contributed by atoms with E-state index in [1.54, 1.807) is 24.3 Å². The van der Waals surface area contributed by atoms with Crippen LogP contribution >= 0.6 is 11.6 Å². The van der Waals surface area contributed by atoms with Crippen molar-refractivity contribution in [3.8, 4) is 5.75 Å². The van der Waals surface area contributed by atoms with E-state index in [0.29, 0.717) is 10.8 Å². The van der Waals surface area contributed by atoms with E-state index in [9.17, 15) is 24.8 Å². The Labute approximate surface area is 152 Å². The Morgan fingerprint density at radius 3 is 2.50 bits per heavy atom. The van der Waals surface area contributed by atoms with Crippen LogP contribution in [0.1, 0.15) is 20.7 Å². The zero-order valence-corrected chi connectivity index (χ0v) is 14.0. The molecule has 0 radical (unpaired) electrons. The number of fused-ring (bicyclic) bond motifs is 1. The number of hydrogen-bond donors (Lipinski definition) is 1. The van der Waals surface area contributed by atoms with Crippen LogP contribution in [0.15, 0.2) is 42.5 Å². The molecule has 0 saturated heterocycles. The summed E-state index contributed by atoms with van der Waals surface area (Å²) < 4.78 is 5.38. The zero-order chi connectivity index (χ0) is 18.8. The standard InChI is InChI=1S/C17H13ClN2O6/c18-10-4-6-12(7-5-10)26-9-11(21)8-19-16(22)13-2-1-3-14(20(24)25)15(13)17(19)23/h1-7,11,21H,8-9H2/t11-/m1/s1. The van der Waals surface area contributed by atoms with Crippen LogP contribution in [0.25, 0.3) is 0 Å². The van der Waals surface area contributed by atoms with E-state index in [1.807, 2.05) is 0 Å². The van der Waals surface area contributed by atoms with Crippen LogP contribution in [-0.4, -0.2) is 46.0 Å². The van der Waals surface area contributed by atoms with Crippen molar-refractivity contribution in [1.29, 1.82) is 0 Å². The van der Waals surface area contributed by atoms with Gasteiger partial charge in [0.25, 0.3) is 17.5 Å². The first kappa shape index (κ1) is 17.8. The highest BCUT2D eigenvalue weighted by Crippen LogP contribution is 2.30. The quantitative estimate of drug-likeness (QED) is 0.470. The fourth-order valence-electron chi connectivity index (χ4n) is 2.62. The van der Waals surface area contributed by atoms with Gasteiger partial charge in [-0.3, -0.25) is 24.6 Å². The van der Waals surface area contributed by atoms with Crippen LogP contribution in [0.2, 0.25) is 5.02 Å². The van der Waals surface area contributed by atoms with Crippen LogP contribution < -0.4 is 4.74 Å². The number of hydrogen-bond acceptors (Lipinski definition) is 6. The molecule has 2 aromatic rings. The van der Waals surface area contributed by atoms with Crippen molar-refractivity contribution in [3.63, 3.8) is 0 Å². The SMILES string of the molecule is O=C1c2cccc([N+](=O)[O-])c2C(=O)N1C[C@@H](O)COc1ccc(Cl)cc1. The van der Waals surface area contributed by atoms with E-state index >= 15 is 0 Å². The largest absolute Gasteiger partial charge is 0.491 e. The molecule has 0 aliphatic carbocycles. The molecule has 0 saturated carbocycles. The van der Waals surface area contributed by atoms with Gasteiger partial charge in [-0.05, 0) is 30.3 Å². The molecule has 1 heterocycles. The molecular weight excluding hydrogens is 364 g/mol. The van der Waals surface area contributed by atoms with Gasteiger partial charge in [0.1, 0.15) is 24.0 Å². The number of nitrogens with zero attached hydrogens (tertiary/aromatic N) is 2. The molecule has 9 heteroatoms. The Morgan fingerprint density at radius 1 is 1.15 bits per heavy atom. The van der Waals surface area contributed by atoms with Crippen molar-refractivity contribution in [3.05, 3.63) is 68.7 Å². The molecule has 0 fully saturated rings. The summed E-state index contributed by atoms with van der Waals surface area (Å²) in [6, 6.07) is 10.3. The van der Waals surface area contributed by atoms with Gasteiger partial charge in [0.05, 0.1) is 17.0 Å². The topological polar surface area (TPSA) is 110 Å². The first-order valence-electron chi connectivity index (χ1n) is 7.58. The van der Waals surface area contributed by atoms with Crippen molar-refractivity contribution >= 4 is 29.1 Å². The second-order valence-electron chi connectivity index (χ2n) is 5.60. The lowest BCUT2D eigenvalue weighted by Gasteiger charge is -2.18. The van der Waals surface area contributed by atoms with E-state index in [0.717, 1.165) is 11.0 Å². The van der Waals surface area contributed by atoms with Crippen molar-refractivity contribution in [2.45, 2.75) is 6.10 Å². The third kappa shape index (κ3) is 3.37. The van der Waals surface area contributed by atoms with E-state index in [1.165, 1.54) is 12.1 Å². The zero-order valence-electron chi connectivity index (χ0n) is 13.3. The lowest BCUT2D eigenvalue weighted by Crippen LogP contribution is -2.39. The second-order valence-corrected chi connectivity index (χ2v) is 6.03. The first-order valence-corrected chi connectivity index (χ1v) is 7.96. The minimum Gasteiger partial charge on any atom is -0.491 e. The summed E-state index contributed by atoms with van der Waals surface area (Å²) in [6.07, 6.45) is -1.16. The molecule has 1 N–H and O–H groups in total. The summed E-state index contributed by atoms with van der Waals surface area (Å²) in [5.74, 6) is -1.02. The first-order chi connectivity index (χ1) is 12.4. The Kier molecular flexibility index (Phi) is 4.88. The van der Waals surface area contributed by atoms with Gasteiger partial charge in [-0.2, -0.15) is 0 Å². The molecule has 2 amide bonds. The highest BCUT2D eigenvalue weighted by molar-refractivity contribution is 6.30. The Bertz CT molecular complexity index is 883. The van der Waals surface area contributed by atoms with Crippen molar-refractivity contribution in [2.75, 3.05) is 13.2 Å². The molecule has 8 nitrogen and oxygen atoms in total. The van der Waals surface area contributed by atoms with E-state index in [4.69, 9.17) is 16.3 Å². The molecule has 0 spiro atoms. The Morgan fingerprint density at radius 2 is 1.85 bits per heavy atom. The number of aliphatic hydroxyl groups excluding tert-OH is 1. The monoisotopic (exact) mass is 376 g/mol. The van der Waals surface area contributed by atoms with Crippen LogP contribution in [0.4, 0.5) is 5.69 Å². The maximum atomic E-state index is 12.4. The molecule has 1 atom stereocenters. The fourth-order valence-corrected chi connectivity index (χ4v) is 2.75. The van der Waals surface area contributed by atoms with Gasteiger partial charge in [0.2, 0.25) is 0 Å². The number of aliphatic hydroxyl groups is 1. The van der Waals surface area contributed by atoms with Gasteiger partial charge in [-0.15, -0.1) is 0 Å². The van der Waals surface area contributed by atoms with Crippen LogP contribution in [0.3, 0.4) is 0 Å². The number of nitro groups is 1. The predicted octanol–water partition coefficient (Wildman–Crippen LogP) is 2.28. The number of nitro benzene ring substituents is 1. The average molecular weight is 377 g/mol. The molecule has 0 bridgehead atoms. The predicted molar refractivity (Wildman–Crippen MR) is 91.4 cm³/mol. The van der Waals surface area contributed by atoms with Gasteiger partial charge in [0, 0.05) is 11.1 Å². The number of carbonyl (C=O) groups excluding carboxylic acids is 2. The second kappa shape index (κ2) is 7.11. The summed E-state index contributed by atoms with van der Waals surface area (Å²) in [7, 11) is 0. The van der Waals surface area contributed by atoms with Gasteiger partial charge in [0.15, 0.2) is 0 Å². The number of carbonyl (C=O) groups is 2. The molecule has 3 rings (SSSR count). The summed E-state index contributed by atoms with van der Waals surface area (Å²) >= 11 is 5.76. The summed E-state index contributed by atoms with van der Waals surface area (Å²) in [4.78, 5) is 35.9.